The molecule has 170 valence electrons. The monoisotopic (exact) mass is 479 g/mol. The first-order valence-corrected chi connectivity index (χ1v) is 11.1. The SMILES string of the molecule is O=C(N[C@@H](Cc1ccccc1)[C@@H](O)C(=O)N1C[C@@H](O)[C@@H](O)C1)Oc1cc2sc(Cl)cc2[nH]1. The van der Waals surface area contributed by atoms with E-state index in [9.17, 15) is 24.9 Å². The minimum atomic E-state index is -1.61. The molecule has 0 unspecified atom stereocenters. The van der Waals surface area contributed by atoms with E-state index in [1.807, 2.05) is 30.3 Å². The molecular weight excluding hydrogens is 458 g/mol. The highest BCUT2D eigenvalue weighted by Gasteiger charge is 2.38. The van der Waals surface area contributed by atoms with E-state index in [1.54, 1.807) is 12.1 Å². The van der Waals surface area contributed by atoms with Gasteiger partial charge < -0.3 is 35.3 Å². The molecule has 1 saturated heterocycles. The maximum Gasteiger partial charge on any atom is 0.414 e. The molecule has 11 heteroatoms. The quantitative estimate of drug-likeness (QED) is 0.363. The second kappa shape index (κ2) is 9.47. The maximum atomic E-state index is 12.8. The van der Waals surface area contributed by atoms with Crippen LogP contribution in [0.1, 0.15) is 5.56 Å². The molecule has 2 aromatic heterocycles. The molecule has 1 aliphatic heterocycles. The van der Waals surface area contributed by atoms with Gasteiger partial charge in [0.15, 0.2) is 6.10 Å². The number of likely N-dealkylation sites (tertiary alicyclic amines) is 1. The third-order valence-electron chi connectivity index (χ3n) is 5.26. The summed E-state index contributed by atoms with van der Waals surface area (Å²) in [6.45, 7) is -0.192. The second-order valence-corrected chi connectivity index (χ2v) is 9.33. The summed E-state index contributed by atoms with van der Waals surface area (Å²) in [5.74, 6) is -0.498. The van der Waals surface area contributed by atoms with E-state index in [-0.39, 0.29) is 25.4 Å². The summed E-state index contributed by atoms with van der Waals surface area (Å²) < 4.78 is 6.72. The van der Waals surface area contributed by atoms with Gasteiger partial charge in [-0.3, -0.25) is 4.79 Å². The number of rotatable bonds is 6. The van der Waals surface area contributed by atoms with Gasteiger partial charge in [-0.15, -0.1) is 11.3 Å². The molecule has 4 atom stereocenters. The van der Waals surface area contributed by atoms with Crippen molar-refractivity contribution in [2.45, 2.75) is 30.8 Å². The van der Waals surface area contributed by atoms with Crippen LogP contribution in [-0.2, 0) is 11.2 Å². The Bertz CT molecular complexity index is 1060. The van der Waals surface area contributed by atoms with Crippen molar-refractivity contribution < 1.29 is 29.6 Å². The molecule has 0 bridgehead atoms. The number of halogens is 1. The molecule has 1 aliphatic rings. The molecule has 1 aromatic carbocycles. The van der Waals surface area contributed by atoms with Crippen molar-refractivity contribution in [3.63, 3.8) is 0 Å². The average Bonchev–Trinajstić information content (AvgIpc) is 3.39. The molecule has 1 fully saturated rings. The molecular formula is C21H22ClN3O6S. The number of fused-ring (bicyclic) bond motifs is 1. The standard InChI is InChI=1S/C21H22ClN3O6S/c22-17-7-12-16(32-17)8-18(23-12)31-21(30)24-13(6-11-4-2-1-3-5-11)19(28)20(29)25-9-14(26)15(27)10-25/h1-5,7-8,13-15,19,23,26-28H,6,9-10H2,(H,24,30)/t13-,14-,15+,19+/m0/s1. The summed E-state index contributed by atoms with van der Waals surface area (Å²) in [5, 5.41) is 32.7. The molecule has 5 N–H and O–H groups in total. The number of aromatic amines is 1. The fourth-order valence-corrected chi connectivity index (χ4v) is 4.75. The Morgan fingerprint density at radius 3 is 2.56 bits per heavy atom. The Balaban J connectivity index is 1.47. The van der Waals surface area contributed by atoms with Crippen LogP contribution >= 0.6 is 22.9 Å². The zero-order chi connectivity index (χ0) is 22.8. The number of benzene rings is 1. The maximum absolute atomic E-state index is 12.8. The number of hydrogen-bond donors (Lipinski definition) is 5. The molecule has 0 aliphatic carbocycles. The molecule has 0 saturated carbocycles. The summed E-state index contributed by atoms with van der Waals surface area (Å²) in [6, 6.07) is 11.4. The van der Waals surface area contributed by atoms with Gasteiger partial charge in [0.25, 0.3) is 5.91 Å². The number of nitrogens with zero attached hydrogens (tertiary/aromatic N) is 1. The third-order valence-corrected chi connectivity index (χ3v) is 6.47. The minimum absolute atomic E-state index is 0.0959. The number of aliphatic hydroxyl groups is 3. The number of ether oxygens (including phenoxy) is 1. The normalized spacial score (nSPS) is 20.3. The van der Waals surface area contributed by atoms with Gasteiger partial charge in [0.05, 0.1) is 32.8 Å². The summed E-state index contributed by atoms with van der Waals surface area (Å²) in [5.41, 5.74) is 1.52. The van der Waals surface area contributed by atoms with Gasteiger partial charge in [-0.25, -0.2) is 4.79 Å². The van der Waals surface area contributed by atoms with Crippen LogP contribution in [0.15, 0.2) is 42.5 Å². The molecule has 0 radical (unpaired) electrons. The Morgan fingerprint density at radius 1 is 1.22 bits per heavy atom. The largest absolute Gasteiger partial charge is 0.414 e. The number of β-amino-alcohol motifs (C(OH)–C–C–N with tert-alkyl or cyclic N) is 2. The fourth-order valence-electron chi connectivity index (χ4n) is 3.62. The third kappa shape index (κ3) is 5.05. The van der Waals surface area contributed by atoms with Crippen molar-refractivity contribution in [3.05, 3.63) is 52.4 Å². The lowest BCUT2D eigenvalue weighted by Crippen LogP contribution is -2.53. The van der Waals surface area contributed by atoms with Crippen molar-refractivity contribution in [1.29, 1.82) is 0 Å². The van der Waals surface area contributed by atoms with Gasteiger partial charge >= 0.3 is 6.09 Å². The highest BCUT2D eigenvalue weighted by atomic mass is 35.5. The Labute approximate surface area is 192 Å². The van der Waals surface area contributed by atoms with Crippen LogP contribution in [0.3, 0.4) is 0 Å². The van der Waals surface area contributed by atoms with E-state index in [0.29, 0.717) is 4.34 Å². The van der Waals surface area contributed by atoms with Gasteiger partial charge in [-0.1, -0.05) is 41.9 Å². The minimum Gasteiger partial charge on any atom is -0.393 e. The molecule has 0 spiro atoms. The zero-order valence-corrected chi connectivity index (χ0v) is 18.3. The summed E-state index contributed by atoms with van der Waals surface area (Å²) >= 11 is 7.28. The summed E-state index contributed by atoms with van der Waals surface area (Å²) in [4.78, 5) is 29.4. The number of H-pyrrole nitrogens is 1. The van der Waals surface area contributed by atoms with Crippen molar-refractivity contribution in [2.24, 2.45) is 0 Å². The van der Waals surface area contributed by atoms with Crippen LogP contribution in [0, 0.1) is 0 Å². The number of carbonyl (C=O) groups is 2. The van der Waals surface area contributed by atoms with Crippen LogP contribution in [0.25, 0.3) is 10.2 Å². The number of carbonyl (C=O) groups excluding carboxylic acids is 2. The van der Waals surface area contributed by atoms with E-state index in [1.165, 1.54) is 16.2 Å². The Kier molecular flexibility index (Phi) is 6.68. The van der Waals surface area contributed by atoms with Crippen molar-refractivity contribution in [2.75, 3.05) is 13.1 Å². The number of amides is 2. The predicted octanol–water partition coefficient (Wildman–Crippen LogP) is 1.51. The highest BCUT2D eigenvalue weighted by molar-refractivity contribution is 7.22. The number of nitrogens with one attached hydrogen (secondary N) is 2. The van der Waals surface area contributed by atoms with Crippen LogP contribution < -0.4 is 10.1 Å². The lowest BCUT2D eigenvalue weighted by Gasteiger charge is -2.26. The number of aromatic nitrogens is 1. The Morgan fingerprint density at radius 2 is 1.91 bits per heavy atom. The van der Waals surface area contributed by atoms with E-state index in [0.717, 1.165) is 15.8 Å². The van der Waals surface area contributed by atoms with Crippen LogP contribution in [-0.4, -0.2) is 74.6 Å². The molecule has 9 nitrogen and oxygen atoms in total. The van der Waals surface area contributed by atoms with Gasteiger partial charge in [0, 0.05) is 19.2 Å². The van der Waals surface area contributed by atoms with E-state index < -0.39 is 36.4 Å². The topological polar surface area (TPSA) is 135 Å². The highest BCUT2D eigenvalue weighted by Crippen LogP contribution is 2.32. The first-order chi connectivity index (χ1) is 15.3. The van der Waals surface area contributed by atoms with Gasteiger partial charge in [0.2, 0.25) is 5.88 Å². The van der Waals surface area contributed by atoms with Gasteiger partial charge in [0.1, 0.15) is 0 Å². The summed E-state index contributed by atoms with van der Waals surface area (Å²) in [7, 11) is 0. The van der Waals surface area contributed by atoms with E-state index in [2.05, 4.69) is 10.3 Å². The second-order valence-electron chi connectivity index (χ2n) is 7.61. The van der Waals surface area contributed by atoms with Crippen molar-refractivity contribution in [3.8, 4) is 5.88 Å². The molecule has 3 aromatic rings. The smallest absolute Gasteiger partial charge is 0.393 e. The first-order valence-electron chi connectivity index (χ1n) is 9.93. The van der Waals surface area contributed by atoms with E-state index in [4.69, 9.17) is 16.3 Å². The molecule has 3 heterocycles. The molecule has 2 amide bonds. The fraction of sp³-hybridized carbons (Fsp3) is 0.333. The van der Waals surface area contributed by atoms with Crippen LogP contribution in [0.4, 0.5) is 4.79 Å². The first kappa shape index (κ1) is 22.6. The number of thiophene rings is 1. The van der Waals surface area contributed by atoms with Crippen molar-refractivity contribution in [1.82, 2.24) is 15.2 Å². The number of aliphatic hydroxyl groups excluding tert-OH is 3. The average molecular weight is 480 g/mol. The molecule has 4 rings (SSSR count). The molecule has 32 heavy (non-hydrogen) atoms. The zero-order valence-electron chi connectivity index (χ0n) is 16.8. The van der Waals surface area contributed by atoms with Crippen molar-refractivity contribution >= 4 is 45.2 Å². The van der Waals surface area contributed by atoms with Gasteiger partial charge in [-0.2, -0.15) is 0 Å². The lowest BCUT2D eigenvalue weighted by atomic mass is 10.0. The van der Waals surface area contributed by atoms with Crippen LogP contribution in [0.2, 0.25) is 4.34 Å². The van der Waals surface area contributed by atoms with Crippen LogP contribution in [0.5, 0.6) is 5.88 Å². The lowest BCUT2D eigenvalue weighted by molar-refractivity contribution is -0.141. The van der Waals surface area contributed by atoms with E-state index >= 15 is 0 Å². The predicted molar refractivity (Wildman–Crippen MR) is 119 cm³/mol. The Hall–Kier alpha value is -2.63. The van der Waals surface area contributed by atoms with Gasteiger partial charge in [-0.05, 0) is 18.1 Å². The summed E-state index contributed by atoms with van der Waals surface area (Å²) in [6.07, 6.45) is -4.44. The number of hydrogen-bond acceptors (Lipinski definition) is 7.